The predicted octanol–water partition coefficient (Wildman–Crippen LogP) is 0.828. The first-order chi connectivity index (χ1) is 18.1. The van der Waals surface area contributed by atoms with Gasteiger partial charge in [-0.05, 0) is 23.6 Å². The Bertz CT molecular complexity index is 1550. The van der Waals surface area contributed by atoms with Crippen molar-refractivity contribution in [2.45, 2.75) is 35.9 Å². The van der Waals surface area contributed by atoms with Gasteiger partial charge in [0.05, 0.1) is 18.3 Å². The number of carbonyl (C=O) groups excluding carboxylic acids is 2. The number of terminal acetylenes is 1. The van der Waals surface area contributed by atoms with Crippen LogP contribution in [0.2, 0.25) is 0 Å². The van der Waals surface area contributed by atoms with Crippen LogP contribution in [0.4, 0.5) is 0 Å². The summed E-state index contributed by atoms with van der Waals surface area (Å²) >= 11 is 1.13. The molecule has 1 saturated heterocycles. The number of hydrogen-bond donors (Lipinski definition) is 2. The zero-order chi connectivity index (χ0) is 27.2. The van der Waals surface area contributed by atoms with E-state index in [0.717, 1.165) is 21.4 Å². The van der Waals surface area contributed by atoms with E-state index in [-0.39, 0.29) is 55.0 Å². The summed E-state index contributed by atoms with van der Waals surface area (Å²) in [7, 11) is -0.682. The smallest absolute Gasteiger partial charge is 0.310 e. The molecule has 2 aliphatic heterocycles. The van der Waals surface area contributed by atoms with Gasteiger partial charge in [0.15, 0.2) is 0 Å². The van der Waals surface area contributed by atoms with Crippen molar-refractivity contribution in [3.63, 3.8) is 0 Å². The molecular formula is C25H27N5O6S2. The number of thiophene rings is 1. The highest BCUT2D eigenvalue weighted by Gasteiger charge is 2.40. The van der Waals surface area contributed by atoms with Crippen molar-refractivity contribution in [1.29, 1.82) is 0 Å². The Balaban J connectivity index is 1.41. The Labute approximate surface area is 224 Å². The highest BCUT2D eigenvalue weighted by molar-refractivity contribution is 7.91. The van der Waals surface area contributed by atoms with E-state index < -0.39 is 28.2 Å². The van der Waals surface area contributed by atoms with Crippen molar-refractivity contribution in [3.8, 4) is 12.3 Å². The van der Waals surface area contributed by atoms with Crippen molar-refractivity contribution < 1.29 is 27.5 Å². The fraction of sp³-hybridized carbons (Fsp3) is 0.400. The van der Waals surface area contributed by atoms with E-state index in [1.165, 1.54) is 14.1 Å². The van der Waals surface area contributed by atoms with Crippen LogP contribution in [0.5, 0.6) is 0 Å². The summed E-state index contributed by atoms with van der Waals surface area (Å²) in [6.45, 7) is 0.288. The van der Waals surface area contributed by atoms with Gasteiger partial charge in [-0.3, -0.25) is 14.9 Å². The maximum Gasteiger partial charge on any atom is 0.310 e. The molecule has 0 saturated carbocycles. The lowest BCUT2D eigenvalue weighted by Gasteiger charge is -2.40. The first-order valence-electron chi connectivity index (χ1n) is 12.0. The molecule has 2 amide bonds. The number of sulfonamides is 1. The van der Waals surface area contributed by atoms with E-state index >= 15 is 0 Å². The maximum atomic E-state index is 13.6. The van der Waals surface area contributed by atoms with Gasteiger partial charge in [0, 0.05) is 56.8 Å². The Morgan fingerprint density at radius 1 is 1.32 bits per heavy atom. The first kappa shape index (κ1) is 26.3. The maximum absolute atomic E-state index is 13.6. The minimum Gasteiger partial charge on any atom is -0.436 e. The van der Waals surface area contributed by atoms with E-state index in [0.29, 0.717) is 17.0 Å². The number of fused-ring (bicyclic) bond motifs is 2. The fourth-order valence-electron chi connectivity index (χ4n) is 4.58. The Morgan fingerprint density at radius 2 is 2.11 bits per heavy atom. The molecule has 2 N–H and O–H groups in total. The molecule has 38 heavy (non-hydrogen) atoms. The summed E-state index contributed by atoms with van der Waals surface area (Å²) in [4.78, 5) is 33.2. The molecule has 0 bridgehead atoms. The molecule has 0 aliphatic carbocycles. The van der Waals surface area contributed by atoms with Crippen molar-refractivity contribution in [1.82, 2.24) is 24.4 Å². The molecule has 0 spiro atoms. The van der Waals surface area contributed by atoms with Gasteiger partial charge in [-0.2, -0.15) is 4.31 Å². The van der Waals surface area contributed by atoms with Crippen LogP contribution in [-0.2, 0) is 27.8 Å². The molecule has 2 unspecified atom stereocenters. The molecule has 11 nitrogen and oxygen atoms in total. The van der Waals surface area contributed by atoms with E-state index in [9.17, 15) is 23.1 Å². The number of aromatic nitrogens is 1. The molecule has 4 heterocycles. The molecule has 3 aromatic rings. The minimum atomic E-state index is -3.89. The standard InChI is InChI=1S/C25H27N5O6S2/c1-4-15-5-6-16-10-23(37-20(16)9-15)38(34,35)29-7-8-30(17(14-29)11-22(32)28(2)3)25(33)24-27-18-12-21(31)26-13-19(18)36-24/h1,5-6,9-10,17,21,26,31H,7-8,11-14H2,2-3H3. The SMILES string of the molecule is C#Cc1ccc2cc(S(=O)(=O)N3CCN(C(=O)c4nc5c(o4)CNC(O)C5)C(CC(=O)N(C)C)C3)sc2c1. The van der Waals surface area contributed by atoms with Gasteiger partial charge in [0.2, 0.25) is 5.91 Å². The second-order valence-electron chi connectivity index (χ2n) is 9.46. The van der Waals surface area contributed by atoms with Gasteiger partial charge in [0.25, 0.3) is 15.9 Å². The van der Waals surface area contributed by atoms with Crippen LogP contribution < -0.4 is 5.32 Å². The van der Waals surface area contributed by atoms with Gasteiger partial charge < -0.3 is 19.3 Å². The highest BCUT2D eigenvalue weighted by Crippen LogP contribution is 2.33. The lowest BCUT2D eigenvalue weighted by molar-refractivity contribution is -0.130. The quantitative estimate of drug-likeness (QED) is 0.441. The Morgan fingerprint density at radius 3 is 2.84 bits per heavy atom. The molecule has 5 rings (SSSR count). The van der Waals surface area contributed by atoms with Crippen LogP contribution >= 0.6 is 11.3 Å². The summed E-state index contributed by atoms with van der Waals surface area (Å²) in [6.07, 6.45) is 4.85. The molecule has 0 radical (unpaired) electrons. The number of nitrogens with one attached hydrogen (secondary N) is 1. The molecule has 13 heteroatoms. The van der Waals surface area contributed by atoms with Crippen LogP contribution in [0.15, 0.2) is 32.9 Å². The fourth-order valence-corrected chi connectivity index (χ4v) is 7.64. The molecular weight excluding hydrogens is 530 g/mol. The predicted molar refractivity (Wildman–Crippen MR) is 140 cm³/mol. The topological polar surface area (TPSA) is 136 Å². The van der Waals surface area contributed by atoms with Gasteiger partial charge in [0.1, 0.15) is 16.2 Å². The monoisotopic (exact) mass is 557 g/mol. The molecule has 2 aromatic heterocycles. The van der Waals surface area contributed by atoms with Gasteiger partial charge in [-0.15, -0.1) is 17.8 Å². The summed E-state index contributed by atoms with van der Waals surface area (Å²) in [6, 6.07) is 6.22. The molecule has 200 valence electrons. The average Bonchev–Trinajstić information content (AvgIpc) is 3.52. The highest BCUT2D eigenvalue weighted by atomic mass is 32.2. The number of rotatable bonds is 5. The summed E-state index contributed by atoms with van der Waals surface area (Å²) in [5.41, 5.74) is 1.16. The minimum absolute atomic E-state index is 0.0469. The number of amides is 2. The number of nitrogens with zero attached hydrogens (tertiary/aromatic N) is 4. The van der Waals surface area contributed by atoms with Gasteiger partial charge in [-0.1, -0.05) is 12.0 Å². The van der Waals surface area contributed by atoms with Gasteiger partial charge >= 0.3 is 5.91 Å². The second-order valence-corrected chi connectivity index (χ2v) is 12.7. The van der Waals surface area contributed by atoms with Crippen LogP contribution in [0.3, 0.4) is 0 Å². The van der Waals surface area contributed by atoms with Crippen molar-refractivity contribution in [2.75, 3.05) is 33.7 Å². The lowest BCUT2D eigenvalue weighted by Crippen LogP contribution is -2.57. The number of aliphatic hydroxyl groups is 1. The van der Waals surface area contributed by atoms with E-state index in [1.807, 2.05) is 0 Å². The van der Waals surface area contributed by atoms with Gasteiger partial charge in [-0.25, -0.2) is 13.4 Å². The third-order valence-electron chi connectivity index (χ3n) is 6.72. The number of carbonyl (C=O) groups is 2. The third kappa shape index (κ3) is 4.93. The zero-order valence-corrected chi connectivity index (χ0v) is 22.5. The molecule has 1 fully saturated rings. The van der Waals surface area contributed by atoms with Crippen molar-refractivity contribution in [3.05, 3.63) is 47.2 Å². The average molecular weight is 558 g/mol. The first-order valence-corrected chi connectivity index (χ1v) is 14.2. The molecule has 2 aliphatic rings. The summed E-state index contributed by atoms with van der Waals surface area (Å²) in [5.74, 6) is 2.12. The number of aliphatic hydroxyl groups excluding tert-OH is 1. The normalized spacial score (nSPS) is 20.2. The zero-order valence-electron chi connectivity index (χ0n) is 20.9. The summed E-state index contributed by atoms with van der Waals surface area (Å²) < 4.78 is 35.2. The van der Waals surface area contributed by atoms with E-state index in [1.54, 1.807) is 38.4 Å². The van der Waals surface area contributed by atoms with Crippen LogP contribution in [0.25, 0.3) is 10.1 Å². The lowest BCUT2D eigenvalue weighted by atomic mass is 10.1. The number of benzene rings is 1. The van der Waals surface area contributed by atoms with E-state index in [4.69, 9.17) is 10.8 Å². The summed E-state index contributed by atoms with van der Waals surface area (Å²) in [5, 5.41) is 13.4. The van der Waals surface area contributed by atoms with Crippen molar-refractivity contribution in [2.24, 2.45) is 0 Å². The number of oxazole rings is 1. The second kappa shape index (κ2) is 10.1. The van der Waals surface area contributed by atoms with E-state index in [2.05, 4.69) is 16.2 Å². The van der Waals surface area contributed by atoms with Crippen LogP contribution in [0.1, 0.15) is 34.1 Å². The third-order valence-corrected chi connectivity index (χ3v) is 10.1. The van der Waals surface area contributed by atoms with Crippen LogP contribution in [-0.4, -0.2) is 90.4 Å². The largest absolute Gasteiger partial charge is 0.436 e. The Kier molecular flexibility index (Phi) is 7.01. The van der Waals surface area contributed by atoms with Crippen LogP contribution in [0, 0.1) is 12.3 Å². The van der Waals surface area contributed by atoms with Crippen molar-refractivity contribution >= 4 is 43.3 Å². The molecule has 2 atom stereocenters. The number of hydrogen-bond acceptors (Lipinski definition) is 9. The molecule has 1 aromatic carbocycles. The Hall–Kier alpha value is -3.28. The number of piperazine rings is 1.